The van der Waals surface area contributed by atoms with Crippen molar-refractivity contribution in [2.45, 2.75) is 39.2 Å². The lowest BCUT2D eigenvalue weighted by Crippen LogP contribution is -2.42. The van der Waals surface area contributed by atoms with Crippen molar-refractivity contribution >= 4 is 23.2 Å². The first-order valence-electron chi connectivity index (χ1n) is 8.48. The van der Waals surface area contributed by atoms with E-state index in [-0.39, 0.29) is 6.09 Å². The van der Waals surface area contributed by atoms with E-state index in [1.54, 1.807) is 0 Å². The van der Waals surface area contributed by atoms with E-state index in [0.29, 0.717) is 18.5 Å². The van der Waals surface area contributed by atoms with Crippen molar-refractivity contribution in [2.75, 3.05) is 24.5 Å². The van der Waals surface area contributed by atoms with Crippen LogP contribution >= 0.6 is 0 Å². The van der Waals surface area contributed by atoms with E-state index in [9.17, 15) is 4.79 Å². The van der Waals surface area contributed by atoms with Crippen LogP contribution in [-0.2, 0) is 4.74 Å². The standard InChI is InChI=1S/C18H25N3O3/c1-18(2,3)24-17(22)19-11-13-7-6-10-21(12-13)16-20-14-8-4-5-9-15(14)23-16/h4-5,8-9,13H,6-7,10-12H2,1-3H3,(H,19,22)/t13-/m1/s1. The first kappa shape index (κ1) is 16.6. The number of nitrogens with zero attached hydrogens (tertiary/aromatic N) is 2. The van der Waals surface area contributed by atoms with Gasteiger partial charge in [-0.05, 0) is 51.7 Å². The van der Waals surface area contributed by atoms with Gasteiger partial charge in [0.05, 0.1) is 0 Å². The molecule has 6 heteroatoms. The molecule has 24 heavy (non-hydrogen) atoms. The summed E-state index contributed by atoms with van der Waals surface area (Å²) in [6.07, 6.45) is 1.77. The molecule has 130 valence electrons. The van der Waals surface area contributed by atoms with Crippen molar-refractivity contribution in [3.05, 3.63) is 24.3 Å². The van der Waals surface area contributed by atoms with Gasteiger partial charge in [0.1, 0.15) is 11.1 Å². The third-order valence-corrected chi connectivity index (χ3v) is 4.01. The second-order valence-electron chi connectivity index (χ2n) is 7.30. The van der Waals surface area contributed by atoms with Crippen molar-refractivity contribution in [3.63, 3.8) is 0 Å². The van der Waals surface area contributed by atoms with Crippen LogP contribution in [0.4, 0.5) is 10.8 Å². The quantitative estimate of drug-likeness (QED) is 0.931. The van der Waals surface area contributed by atoms with Gasteiger partial charge >= 0.3 is 6.09 Å². The maximum atomic E-state index is 11.8. The first-order chi connectivity index (χ1) is 11.4. The van der Waals surface area contributed by atoms with E-state index in [2.05, 4.69) is 15.2 Å². The monoisotopic (exact) mass is 331 g/mol. The Balaban J connectivity index is 1.57. The van der Waals surface area contributed by atoms with E-state index in [1.165, 1.54) is 0 Å². The van der Waals surface area contributed by atoms with E-state index >= 15 is 0 Å². The van der Waals surface area contributed by atoms with Crippen molar-refractivity contribution in [1.82, 2.24) is 10.3 Å². The zero-order valence-electron chi connectivity index (χ0n) is 14.5. The normalized spacial score (nSPS) is 18.6. The SMILES string of the molecule is CC(C)(C)OC(=O)NC[C@H]1CCCN(c2nc3ccccc3o2)C1. The molecule has 1 fully saturated rings. The maximum Gasteiger partial charge on any atom is 0.407 e. The topological polar surface area (TPSA) is 67.6 Å². The third kappa shape index (κ3) is 4.19. The number of fused-ring (bicyclic) bond motifs is 1. The Morgan fingerprint density at radius 3 is 2.96 bits per heavy atom. The summed E-state index contributed by atoms with van der Waals surface area (Å²) in [5.74, 6) is 0.362. The van der Waals surface area contributed by atoms with Gasteiger partial charge in [0.25, 0.3) is 6.01 Å². The lowest BCUT2D eigenvalue weighted by atomic mass is 9.98. The maximum absolute atomic E-state index is 11.8. The Labute approximate surface area is 142 Å². The fourth-order valence-corrected chi connectivity index (χ4v) is 2.94. The summed E-state index contributed by atoms with van der Waals surface area (Å²) in [6.45, 7) is 7.94. The Kier molecular flexibility index (Phi) is 4.64. The molecule has 1 saturated heterocycles. The summed E-state index contributed by atoms with van der Waals surface area (Å²) >= 11 is 0. The molecular formula is C18H25N3O3. The van der Waals surface area contributed by atoms with E-state index in [1.807, 2.05) is 45.0 Å². The number of para-hydroxylation sites is 2. The molecule has 0 spiro atoms. The average Bonchev–Trinajstić information content (AvgIpc) is 2.96. The Morgan fingerprint density at radius 1 is 1.42 bits per heavy atom. The number of hydrogen-bond acceptors (Lipinski definition) is 5. The number of carbonyl (C=O) groups is 1. The van der Waals surface area contributed by atoms with Crippen LogP contribution in [0.3, 0.4) is 0 Å². The van der Waals surface area contributed by atoms with Crippen molar-refractivity contribution in [2.24, 2.45) is 5.92 Å². The van der Waals surface area contributed by atoms with Crippen LogP contribution < -0.4 is 10.2 Å². The number of carbonyl (C=O) groups excluding carboxylic acids is 1. The number of aromatic nitrogens is 1. The molecule has 0 radical (unpaired) electrons. The summed E-state index contributed by atoms with van der Waals surface area (Å²) in [6, 6.07) is 8.45. The minimum absolute atomic E-state index is 0.360. The van der Waals surface area contributed by atoms with Gasteiger partial charge in [-0.25, -0.2) is 4.79 Å². The molecule has 1 N–H and O–H groups in total. The van der Waals surface area contributed by atoms with Gasteiger partial charge in [-0.2, -0.15) is 4.98 Å². The van der Waals surface area contributed by atoms with Gasteiger partial charge in [-0.3, -0.25) is 0 Å². The smallest absolute Gasteiger partial charge is 0.407 e. The number of amides is 1. The predicted octanol–water partition coefficient (Wildman–Crippen LogP) is 3.57. The molecule has 6 nitrogen and oxygen atoms in total. The fraction of sp³-hybridized carbons (Fsp3) is 0.556. The molecule has 1 aliphatic heterocycles. The number of ether oxygens (including phenoxy) is 1. The minimum Gasteiger partial charge on any atom is -0.444 e. The van der Waals surface area contributed by atoms with Gasteiger partial charge in [0.2, 0.25) is 0 Å². The highest BCUT2D eigenvalue weighted by atomic mass is 16.6. The lowest BCUT2D eigenvalue weighted by Gasteiger charge is -2.31. The Bertz CT molecular complexity index is 672. The molecule has 2 aromatic rings. The van der Waals surface area contributed by atoms with Crippen molar-refractivity contribution in [3.8, 4) is 0 Å². The van der Waals surface area contributed by atoms with Gasteiger partial charge in [0, 0.05) is 19.6 Å². The summed E-state index contributed by atoms with van der Waals surface area (Å²) < 4.78 is 11.1. The van der Waals surface area contributed by atoms with Crippen molar-refractivity contribution in [1.29, 1.82) is 0 Å². The van der Waals surface area contributed by atoms with Crippen LogP contribution in [0, 0.1) is 5.92 Å². The first-order valence-corrected chi connectivity index (χ1v) is 8.48. The Hall–Kier alpha value is -2.24. The van der Waals surface area contributed by atoms with Gasteiger partial charge in [-0.15, -0.1) is 0 Å². The minimum atomic E-state index is -0.471. The largest absolute Gasteiger partial charge is 0.444 e. The molecule has 3 rings (SSSR count). The number of oxazole rings is 1. The molecule has 1 aromatic heterocycles. The number of piperidine rings is 1. The van der Waals surface area contributed by atoms with E-state index in [4.69, 9.17) is 9.15 Å². The van der Waals surface area contributed by atoms with Crippen LogP contribution in [0.15, 0.2) is 28.7 Å². The zero-order valence-corrected chi connectivity index (χ0v) is 14.5. The van der Waals surface area contributed by atoms with Gasteiger partial charge in [0.15, 0.2) is 5.58 Å². The molecular weight excluding hydrogens is 306 g/mol. The predicted molar refractivity (Wildman–Crippen MR) is 93.2 cm³/mol. The number of hydrogen-bond donors (Lipinski definition) is 1. The molecule has 0 unspecified atom stereocenters. The van der Waals surface area contributed by atoms with Crippen LogP contribution in [0.25, 0.3) is 11.1 Å². The molecule has 1 aromatic carbocycles. The second-order valence-corrected chi connectivity index (χ2v) is 7.30. The summed E-state index contributed by atoms with van der Waals surface area (Å²) in [7, 11) is 0. The van der Waals surface area contributed by atoms with E-state index in [0.717, 1.165) is 37.0 Å². The van der Waals surface area contributed by atoms with Crippen LogP contribution in [0.5, 0.6) is 0 Å². The number of nitrogens with one attached hydrogen (secondary N) is 1. The number of benzene rings is 1. The zero-order chi connectivity index (χ0) is 17.2. The molecule has 1 atom stereocenters. The van der Waals surface area contributed by atoms with Crippen LogP contribution in [-0.4, -0.2) is 36.3 Å². The molecule has 1 amide bonds. The molecule has 0 saturated carbocycles. The average molecular weight is 331 g/mol. The fourth-order valence-electron chi connectivity index (χ4n) is 2.94. The summed E-state index contributed by atoms with van der Waals surface area (Å²) in [5, 5.41) is 2.87. The Morgan fingerprint density at radius 2 is 2.21 bits per heavy atom. The molecule has 0 bridgehead atoms. The summed E-state index contributed by atoms with van der Waals surface area (Å²) in [5.41, 5.74) is 1.21. The third-order valence-electron chi connectivity index (χ3n) is 4.01. The number of rotatable bonds is 3. The molecule has 1 aliphatic rings. The molecule has 0 aliphatic carbocycles. The number of anilines is 1. The second kappa shape index (κ2) is 6.71. The van der Waals surface area contributed by atoms with Crippen LogP contribution in [0.2, 0.25) is 0 Å². The highest BCUT2D eigenvalue weighted by Gasteiger charge is 2.24. The molecule has 2 heterocycles. The lowest BCUT2D eigenvalue weighted by molar-refractivity contribution is 0.0517. The van der Waals surface area contributed by atoms with E-state index < -0.39 is 5.60 Å². The highest BCUT2D eigenvalue weighted by Crippen LogP contribution is 2.26. The van der Waals surface area contributed by atoms with Gasteiger partial charge in [-0.1, -0.05) is 12.1 Å². The highest BCUT2D eigenvalue weighted by molar-refractivity contribution is 5.74. The van der Waals surface area contributed by atoms with Gasteiger partial charge < -0.3 is 19.4 Å². The van der Waals surface area contributed by atoms with Crippen molar-refractivity contribution < 1.29 is 13.9 Å². The summed E-state index contributed by atoms with van der Waals surface area (Å²) in [4.78, 5) is 18.5. The van der Waals surface area contributed by atoms with Crippen LogP contribution in [0.1, 0.15) is 33.6 Å². The number of alkyl carbamates (subject to hydrolysis) is 1.